The molecule has 1 saturated heterocycles. The number of aliphatic hydroxyl groups excluding tert-OH is 1. The van der Waals surface area contributed by atoms with Crippen molar-refractivity contribution in [2.45, 2.75) is 12.6 Å². The van der Waals surface area contributed by atoms with Gasteiger partial charge in [-0.2, -0.15) is 0 Å². The Bertz CT molecular complexity index is 1100. The number of ketones is 1. The van der Waals surface area contributed by atoms with E-state index in [-0.39, 0.29) is 23.4 Å². The molecule has 2 aromatic carbocycles. The second-order valence-corrected chi connectivity index (χ2v) is 6.79. The summed E-state index contributed by atoms with van der Waals surface area (Å²) in [5.74, 6) is -1.30. The topological polar surface area (TPSA) is 80.0 Å². The van der Waals surface area contributed by atoms with Crippen molar-refractivity contribution < 1.29 is 28.2 Å². The van der Waals surface area contributed by atoms with Crippen molar-refractivity contribution in [1.82, 2.24) is 4.90 Å². The molecule has 1 aliphatic heterocycles. The van der Waals surface area contributed by atoms with Crippen LogP contribution in [0.2, 0.25) is 0 Å². The van der Waals surface area contributed by atoms with Gasteiger partial charge in [-0.25, -0.2) is 4.39 Å². The van der Waals surface area contributed by atoms with Gasteiger partial charge in [0.15, 0.2) is 0 Å². The Kier molecular flexibility index (Phi) is 5.10. The minimum Gasteiger partial charge on any atom is -0.507 e. The summed E-state index contributed by atoms with van der Waals surface area (Å²) < 4.78 is 23.8. The number of nitrogens with zero attached hydrogens (tertiary/aromatic N) is 1. The Hall–Kier alpha value is -3.87. The fourth-order valence-electron chi connectivity index (χ4n) is 3.51. The monoisotopic (exact) mass is 407 g/mol. The van der Waals surface area contributed by atoms with Crippen molar-refractivity contribution in [2.75, 3.05) is 7.11 Å². The molecular weight excluding hydrogens is 389 g/mol. The number of methoxy groups -OCH3 is 1. The molecule has 6 nitrogen and oxygen atoms in total. The Labute approximate surface area is 171 Å². The second-order valence-electron chi connectivity index (χ2n) is 6.79. The molecule has 0 bridgehead atoms. The van der Waals surface area contributed by atoms with Crippen LogP contribution in [0, 0.1) is 5.82 Å². The van der Waals surface area contributed by atoms with Crippen molar-refractivity contribution in [1.29, 1.82) is 0 Å². The van der Waals surface area contributed by atoms with Crippen LogP contribution >= 0.6 is 0 Å². The number of Topliss-reactive ketones (excluding diaryl/α,β-unsaturated/α-hetero) is 1. The highest BCUT2D eigenvalue weighted by molar-refractivity contribution is 6.46. The lowest BCUT2D eigenvalue weighted by Crippen LogP contribution is -2.29. The first-order chi connectivity index (χ1) is 14.5. The summed E-state index contributed by atoms with van der Waals surface area (Å²) >= 11 is 0. The summed E-state index contributed by atoms with van der Waals surface area (Å²) in [7, 11) is 1.53. The minimum absolute atomic E-state index is 0.0501. The molecule has 0 saturated carbocycles. The number of carbonyl (C=O) groups is 2. The molecule has 4 rings (SSSR count). The van der Waals surface area contributed by atoms with E-state index in [4.69, 9.17) is 9.15 Å². The van der Waals surface area contributed by atoms with Gasteiger partial charge < -0.3 is 19.2 Å². The van der Waals surface area contributed by atoms with Gasteiger partial charge in [-0.3, -0.25) is 9.59 Å². The first-order valence-corrected chi connectivity index (χ1v) is 9.20. The highest BCUT2D eigenvalue weighted by Crippen LogP contribution is 2.40. The van der Waals surface area contributed by atoms with E-state index in [1.165, 1.54) is 42.5 Å². The fraction of sp³-hybridized carbons (Fsp3) is 0.130. The maximum atomic E-state index is 13.3. The van der Waals surface area contributed by atoms with Gasteiger partial charge in [-0.1, -0.05) is 12.1 Å². The lowest BCUT2D eigenvalue weighted by Gasteiger charge is -2.24. The molecule has 152 valence electrons. The summed E-state index contributed by atoms with van der Waals surface area (Å²) in [6.07, 6.45) is 1.48. The molecule has 1 atom stereocenters. The number of benzene rings is 2. The molecule has 0 radical (unpaired) electrons. The first kappa shape index (κ1) is 19.4. The number of likely N-dealkylation sites (tertiary alicyclic amines) is 1. The number of rotatable bonds is 5. The van der Waals surface area contributed by atoms with Crippen LogP contribution in [0.3, 0.4) is 0 Å². The van der Waals surface area contributed by atoms with Gasteiger partial charge in [-0.15, -0.1) is 0 Å². The van der Waals surface area contributed by atoms with Crippen molar-refractivity contribution in [2.24, 2.45) is 0 Å². The summed E-state index contributed by atoms with van der Waals surface area (Å²) in [5.41, 5.74) is 0.791. The molecule has 1 fully saturated rings. The lowest BCUT2D eigenvalue weighted by atomic mass is 9.95. The van der Waals surface area contributed by atoms with Crippen LogP contribution in [0.1, 0.15) is 22.9 Å². The molecule has 7 heteroatoms. The third-order valence-corrected chi connectivity index (χ3v) is 5.00. The van der Waals surface area contributed by atoms with Gasteiger partial charge in [0.2, 0.25) is 0 Å². The van der Waals surface area contributed by atoms with Crippen LogP contribution in [-0.2, 0) is 16.1 Å². The predicted molar refractivity (Wildman–Crippen MR) is 106 cm³/mol. The van der Waals surface area contributed by atoms with Gasteiger partial charge in [0.1, 0.15) is 23.1 Å². The van der Waals surface area contributed by atoms with Crippen LogP contribution < -0.4 is 4.74 Å². The number of halogens is 1. The molecule has 3 aromatic rings. The van der Waals surface area contributed by atoms with Gasteiger partial charge in [-0.05, 0) is 54.1 Å². The minimum atomic E-state index is -0.842. The largest absolute Gasteiger partial charge is 0.507 e. The third-order valence-electron chi connectivity index (χ3n) is 5.00. The van der Waals surface area contributed by atoms with Gasteiger partial charge in [0.25, 0.3) is 11.7 Å². The van der Waals surface area contributed by atoms with Gasteiger partial charge in [0.05, 0.1) is 31.5 Å². The summed E-state index contributed by atoms with van der Waals surface area (Å²) in [6, 6.07) is 14.5. The quantitative estimate of drug-likeness (QED) is 0.392. The molecule has 30 heavy (non-hydrogen) atoms. The van der Waals surface area contributed by atoms with E-state index >= 15 is 0 Å². The number of amides is 1. The smallest absolute Gasteiger partial charge is 0.296 e. The van der Waals surface area contributed by atoms with Crippen molar-refractivity contribution in [3.8, 4) is 5.75 Å². The number of ether oxygens (including phenoxy) is 1. The van der Waals surface area contributed by atoms with Crippen LogP contribution in [0.5, 0.6) is 5.75 Å². The van der Waals surface area contributed by atoms with Crippen molar-refractivity contribution in [3.05, 3.63) is 95.2 Å². The third kappa shape index (κ3) is 3.45. The van der Waals surface area contributed by atoms with Gasteiger partial charge >= 0.3 is 0 Å². The number of hydrogen-bond acceptors (Lipinski definition) is 5. The highest BCUT2D eigenvalue weighted by atomic mass is 19.1. The Morgan fingerprint density at radius 1 is 1.10 bits per heavy atom. The van der Waals surface area contributed by atoms with E-state index in [1.807, 2.05) is 0 Å². The molecule has 1 amide bonds. The molecule has 0 aliphatic carbocycles. The van der Waals surface area contributed by atoms with E-state index in [0.29, 0.717) is 17.1 Å². The molecular formula is C23H18FNO5. The number of furan rings is 1. The normalized spacial score (nSPS) is 18.1. The van der Waals surface area contributed by atoms with E-state index in [2.05, 4.69) is 0 Å². The highest BCUT2D eigenvalue weighted by Gasteiger charge is 2.46. The van der Waals surface area contributed by atoms with Crippen LogP contribution in [0.25, 0.3) is 5.76 Å². The zero-order valence-corrected chi connectivity index (χ0v) is 16.0. The van der Waals surface area contributed by atoms with E-state index in [1.54, 1.807) is 36.4 Å². The average Bonchev–Trinajstić information content (AvgIpc) is 3.36. The summed E-state index contributed by atoms with van der Waals surface area (Å²) in [5, 5.41) is 10.9. The zero-order valence-electron chi connectivity index (χ0n) is 16.0. The molecule has 1 unspecified atom stereocenters. The van der Waals surface area contributed by atoms with E-state index < -0.39 is 23.5 Å². The fourth-order valence-corrected chi connectivity index (χ4v) is 3.51. The molecule has 0 spiro atoms. The molecule has 1 aliphatic rings. The Morgan fingerprint density at radius 3 is 2.40 bits per heavy atom. The number of aliphatic hydroxyl groups is 1. The van der Waals surface area contributed by atoms with Gasteiger partial charge in [0, 0.05) is 5.56 Å². The zero-order chi connectivity index (χ0) is 21.3. The molecule has 1 aromatic heterocycles. The van der Waals surface area contributed by atoms with Crippen molar-refractivity contribution >= 4 is 17.4 Å². The number of carbonyl (C=O) groups excluding carboxylic acids is 2. The number of hydrogen-bond donors (Lipinski definition) is 1. The standard InChI is InChI=1S/C23H18FNO5/c1-29-17-10-6-14(7-11-17)20-19(21(26)15-4-8-16(24)9-5-15)22(27)23(28)25(20)13-18-3-2-12-30-18/h2-12,20,26H,13H2,1H3. The molecule has 1 N–H and O–H groups in total. The predicted octanol–water partition coefficient (Wildman–Crippen LogP) is 4.05. The van der Waals surface area contributed by atoms with Crippen LogP contribution in [0.4, 0.5) is 4.39 Å². The van der Waals surface area contributed by atoms with Crippen molar-refractivity contribution in [3.63, 3.8) is 0 Å². The Morgan fingerprint density at radius 2 is 1.80 bits per heavy atom. The SMILES string of the molecule is COc1ccc(C2C(=C(O)c3ccc(F)cc3)C(=O)C(=O)N2Cc2ccco2)cc1. The maximum Gasteiger partial charge on any atom is 0.296 e. The van der Waals surface area contributed by atoms with Crippen LogP contribution in [-0.4, -0.2) is 28.8 Å². The first-order valence-electron chi connectivity index (χ1n) is 9.20. The Balaban J connectivity index is 1.85. The van der Waals surface area contributed by atoms with Crippen LogP contribution in [0.15, 0.2) is 76.9 Å². The van der Waals surface area contributed by atoms with E-state index in [0.717, 1.165) is 0 Å². The summed E-state index contributed by atoms with van der Waals surface area (Å²) in [4.78, 5) is 27.1. The average molecular weight is 407 g/mol. The van der Waals surface area contributed by atoms with E-state index in [9.17, 15) is 19.1 Å². The maximum absolute atomic E-state index is 13.3. The molecule has 2 heterocycles. The second kappa shape index (κ2) is 7.87. The lowest BCUT2D eigenvalue weighted by molar-refractivity contribution is -0.140. The summed E-state index contributed by atoms with van der Waals surface area (Å²) in [6.45, 7) is 0.0501.